The molecule has 1 aliphatic rings. The summed E-state index contributed by atoms with van der Waals surface area (Å²) in [5, 5.41) is 7.19. The van der Waals surface area contributed by atoms with Crippen molar-refractivity contribution in [1.29, 1.82) is 0 Å². The van der Waals surface area contributed by atoms with Gasteiger partial charge in [-0.05, 0) is 12.5 Å². The quantitative estimate of drug-likeness (QED) is 0.619. The van der Waals surface area contributed by atoms with Crippen LogP contribution in [0.2, 0.25) is 0 Å². The Morgan fingerprint density at radius 3 is 3.13 bits per heavy atom. The van der Waals surface area contributed by atoms with Crippen molar-refractivity contribution in [2.75, 3.05) is 5.75 Å². The number of aromatic amines is 1. The van der Waals surface area contributed by atoms with E-state index in [0.717, 1.165) is 11.6 Å². The van der Waals surface area contributed by atoms with Crippen LogP contribution in [-0.4, -0.2) is 26.9 Å². The van der Waals surface area contributed by atoms with E-state index in [1.165, 1.54) is 18.1 Å². The summed E-state index contributed by atoms with van der Waals surface area (Å²) in [5.41, 5.74) is 0. The molecule has 0 saturated heterocycles. The first kappa shape index (κ1) is 10.2. The number of ether oxygens (including phenoxy) is 1. The monoisotopic (exact) mass is 225 g/mol. The molecule has 1 unspecified atom stereocenters. The predicted octanol–water partition coefficient (Wildman–Crippen LogP) is 1.36. The van der Waals surface area contributed by atoms with Crippen LogP contribution in [0.15, 0.2) is 23.3 Å². The van der Waals surface area contributed by atoms with E-state index in [0.29, 0.717) is 11.5 Å². The topological polar surface area (TPSA) is 67.9 Å². The van der Waals surface area contributed by atoms with Crippen LogP contribution in [-0.2, 0) is 9.53 Å². The molecule has 0 aliphatic carbocycles. The van der Waals surface area contributed by atoms with Crippen LogP contribution >= 0.6 is 11.8 Å². The molecule has 6 heteroatoms. The minimum Gasteiger partial charge on any atom is -0.430 e. The Hall–Kier alpha value is -1.30. The fraction of sp³-hybridized carbons (Fsp3) is 0.444. The smallest absolute Gasteiger partial charge is 0.318 e. The van der Waals surface area contributed by atoms with Gasteiger partial charge in [0.15, 0.2) is 5.16 Å². The number of carbonyl (C=O) groups is 1. The van der Waals surface area contributed by atoms with Crippen molar-refractivity contribution in [2.45, 2.75) is 18.5 Å². The highest BCUT2D eigenvalue weighted by Crippen LogP contribution is 2.25. The van der Waals surface area contributed by atoms with E-state index in [2.05, 4.69) is 15.2 Å². The van der Waals surface area contributed by atoms with Gasteiger partial charge in [0.25, 0.3) is 0 Å². The van der Waals surface area contributed by atoms with E-state index in [1.54, 1.807) is 0 Å². The van der Waals surface area contributed by atoms with Crippen molar-refractivity contribution in [3.05, 3.63) is 18.2 Å². The zero-order chi connectivity index (χ0) is 10.7. The number of nitrogens with zero attached hydrogens (tertiary/aromatic N) is 2. The summed E-state index contributed by atoms with van der Waals surface area (Å²) < 4.78 is 5.10. The maximum Gasteiger partial charge on any atom is 0.318 e. The summed E-state index contributed by atoms with van der Waals surface area (Å²) in [6.45, 7) is 1.97. The highest BCUT2D eigenvalue weighted by atomic mass is 32.2. The fourth-order valence-electron chi connectivity index (χ4n) is 1.30. The van der Waals surface area contributed by atoms with Gasteiger partial charge in [0.2, 0.25) is 0 Å². The largest absolute Gasteiger partial charge is 0.430 e. The lowest BCUT2D eigenvalue weighted by Gasteiger charge is -1.99. The predicted molar refractivity (Wildman–Crippen MR) is 55.1 cm³/mol. The molecule has 2 rings (SSSR count). The van der Waals surface area contributed by atoms with Gasteiger partial charge in [-0.1, -0.05) is 18.7 Å². The molecule has 1 N–H and O–H groups in total. The number of thioether (sulfide) groups is 1. The normalized spacial score (nSPS) is 20.2. The van der Waals surface area contributed by atoms with Gasteiger partial charge in [-0.3, -0.25) is 9.89 Å². The van der Waals surface area contributed by atoms with Gasteiger partial charge in [-0.2, -0.15) is 5.10 Å². The first-order chi connectivity index (χ1) is 7.29. The lowest BCUT2D eigenvalue weighted by Crippen LogP contribution is -2.06. The fourth-order valence-corrected chi connectivity index (χ4v) is 1.97. The molecule has 0 radical (unpaired) electrons. The molecule has 0 aromatic carbocycles. The number of cyclic esters (lactones) is 1. The van der Waals surface area contributed by atoms with E-state index in [-0.39, 0.29) is 11.9 Å². The number of carbonyl (C=O) groups excluding carboxylic acids is 1. The second-order valence-electron chi connectivity index (χ2n) is 3.15. The van der Waals surface area contributed by atoms with Crippen LogP contribution in [0, 0.1) is 5.92 Å². The number of hydrogen-bond acceptors (Lipinski definition) is 5. The summed E-state index contributed by atoms with van der Waals surface area (Å²) in [6, 6.07) is 0. The van der Waals surface area contributed by atoms with Crippen molar-refractivity contribution in [3.8, 4) is 0 Å². The SMILES string of the molecule is CCC1C=C(CSc2ncn[nH]2)OC1=O. The number of hydrogen-bond donors (Lipinski definition) is 1. The molecule has 15 heavy (non-hydrogen) atoms. The molecule has 1 aromatic heterocycles. The minimum atomic E-state index is -0.148. The maximum absolute atomic E-state index is 11.3. The summed E-state index contributed by atoms with van der Waals surface area (Å²) in [4.78, 5) is 15.2. The van der Waals surface area contributed by atoms with E-state index in [1.807, 2.05) is 13.0 Å². The van der Waals surface area contributed by atoms with Gasteiger partial charge in [0, 0.05) is 0 Å². The Kier molecular flexibility index (Phi) is 3.05. The van der Waals surface area contributed by atoms with Gasteiger partial charge in [-0.25, -0.2) is 4.98 Å². The van der Waals surface area contributed by atoms with E-state index < -0.39 is 0 Å². The van der Waals surface area contributed by atoms with Crippen LogP contribution in [0.4, 0.5) is 0 Å². The second-order valence-corrected chi connectivity index (χ2v) is 4.11. The number of aromatic nitrogens is 3. The van der Waals surface area contributed by atoms with E-state index in [4.69, 9.17) is 4.74 Å². The third kappa shape index (κ3) is 2.38. The Morgan fingerprint density at radius 2 is 2.53 bits per heavy atom. The molecule has 2 heterocycles. The molecule has 0 fully saturated rings. The molecule has 0 bridgehead atoms. The van der Waals surface area contributed by atoms with Crippen LogP contribution in [0.5, 0.6) is 0 Å². The van der Waals surface area contributed by atoms with Crippen LogP contribution < -0.4 is 0 Å². The zero-order valence-corrected chi connectivity index (χ0v) is 9.08. The highest BCUT2D eigenvalue weighted by Gasteiger charge is 2.25. The molecule has 1 aromatic rings. The lowest BCUT2D eigenvalue weighted by atomic mass is 10.1. The van der Waals surface area contributed by atoms with Gasteiger partial charge in [0.05, 0.1) is 11.7 Å². The molecule has 5 nitrogen and oxygen atoms in total. The number of H-pyrrole nitrogens is 1. The van der Waals surface area contributed by atoms with Gasteiger partial charge in [0.1, 0.15) is 12.1 Å². The number of nitrogens with one attached hydrogen (secondary N) is 1. The van der Waals surface area contributed by atoms with Crippen LogP contribution in [0.25, 0.3) is 0 Å². The Bertz CT molecular complexity index is 375. The van der Waals surface area contributed by atoms with Crippen molar-refractivity contribution in [1.82, 2.24) is 15.2 Å². The average Bonchev–Trinajstić information content (AvgIpc) is 2.83. The van der Waals surface area contributed by atoms with Gasteiger partial charge < -0.3 is 4.74 Å². The standard InChI is InChI=1S/C9H11N3O2S/c1-2-6-3-7(14-8(6)13)4-15-9-10-5-11-12-9/h3,5-6H,2,4H2,1H3,(H,10,11,12). The molecule has 0 spiro atoms. The maximum atomic E-state index is 11.3. The van der Waals surface area contributed by atoms with Crippen molar-refractivity contribution in [3.63, 3.8) is 0 Å². The minimum absolute atomic E-state index is 0.0738. The summed E-state index contributed by atoms with van der Waals surface area (Å²) in [6.07, 6.45) is 4.12. The van der Waals surface area contributed by atoms with Crippen LogP contribution in [0.3, 0.4) is 0 Å². The van der Waals surface area contributed by atoms with Crippen LogP contribution in [0.1, 0.15) is 13.3 Å². The van der Waals surface area contributed by atoms with Crippen molar-refractivity contribution in [2.24, 2.45) is 5.92 Å². The third-order valence-electron chi connectivity index (χ3n) is 2.11. The third-order valence-corrected chi connectivity index (χ3v) is 3.00. The van der Waals surface area contributed by atoms with Gasteiger partial charge in [-0.15, -0.1) is 0 Å². The molecule has 80 valence electrons. The molecule has 1 atom stereocenters. The second kappa shape index (κ2) is 4.48. The van der Waals surface area contributed by atoms with E-state index >= 15 is 0 Å². The van der Waals surface area contributed by atoms with Crippen molar-refractivity contribution >= 4 is 17.7 Å². The van der Waals surface area contributed by atoms with Crippen molar-refractivity contribution < 1.29 is 9.53 Å². The lowest BCUT2D eigenvalue weighted by molar-refractivity contribution is -0.139. The molecule has 0 saturated carbocycles. The molecular formula is C9H11N3O2S. The first-order valence-electron chi connectivity index (χ1n) is 4.70. The summed E-state index contributed by atoms with van der Waals surface area (Å²) >= 11 is 1.46. The highest BCUT2D eigenvalue weighted by molar-refractivity contribution is 7.99. The Balaban J connectivity index is 1.89. The number of rotatable bonds is 4. The Labute approximate surface area is 91.3 Å². The molecule has 1 aliphatic heterocycles. The van der Waals surface area contributed by atoms with E-state index in [9.17, 15) is 4.79 Å². The van der Waals surface area contributed by atoms with Gasteiger partial charge >= 0.3 is 5.97 Å². The summed E-state index contributed by atoms with van der Waals surface area (Å²) in [7, 11) is 0. The average molecular weight is 225 g/mol. The summed E-state index contributed by atoms with van der Waals surface area (Å²) in [5.74, 6) is 1.10. The molecular weight excluding hydrogens is 214 g/mol. The first-order valence-corrected chi connectivity index (χ1v) is 5.68. The zero-order valence-electron chi connectivity index (χ0n) is 8.27. The molecule has 0 amide bonds. The number of esters is 1. The Morgan fingerprint density at radius 1 is 1.67 bits per heavy atom.